The van der Waals surface area contributed by atoms with Crippen molar-refractivity contribution in [1.29, 1.82) is 0 Å². The van der Waals surface area contributed by atoms with Gasteiger partial charge in [0.15, 0.2) is 5.16 Å². The van der Waals surface area contributed by atoms with Gasteiger partial charge in [-0.05, 0) is 23.2 Å². The van der Waals surface area contributed by atoms with Crippen molar-refractivity contribution in [2.24, 2.45) is 16.7 Å². The van der Waals surface area contributed by atoms with Gasteiger partial charge in [0.25, 0.3) is 0 Å². The Morgan fingerprint density at radius 1 is 1.29 bits per heavy atom. The Kier molecular flexibility index (Phi) is 4.38. The normalized spacial score (nSPS) is 19.7. The van der Waals surface area contributed by atoms with E-state index < -0.39 is 5.97 Å². The van der Waals surface area contributed by atoms with Crippen molar-refractivity contribution in [3.8, 4) is 0 Å². The van der Waals surface area contributed by atoms with Crippen molar-refractivity contribution >= 4 is 17.7 Å². The van der Waals surface area contributed by atoms with Gasteiger partial charge in [-0.2, -0.15) is 0 Å². The zero-order valence-corrected chi connectivity index (χ0v) is 14.3. The molecule has 1 heterocycles. The van der Waals surface area contributed by atoms with Crippen LogP contribution >= 0.6 is 11.8 Å². The summed E-state index contributed by atoms with van der Waals surface area (Å²) in [5.41, 5.74) is 0.602. The number of nitrogens with zero attached hydrogens (tertiary/aromatic N) is 3. The van der Waals surface area contributed by atoms with Gasteiger partial charge in [-0.3, -0.25) is 4.79 Å². The van der Waals surface area contributed by atoms with Gasteiger partial charge < -0.3 is 9.67 Å². The molecule has 1 aliphatic carbocycles. The smallest absolute Gasteiger partial charge is 0.313 e. The predicted molar refractivity (Wildman–Crippen MR) is 83.4 cm³/mol. The van der Waals surface area contributed by atoms with Crippen LogP contribution in [-0.4, -0.2) is 31.6 Å². The zero-order chi connectivity index (χ0) is 15.8. The SMILES string of the molecule is CCCc1nnc(SCC(=O)O)n1CC1C(C)(C)C1(C)C. The molecule has 6 heteroatoms. The number of carboxylic acid groups (broad SMARTS) is 1. The summed E-state index contributed by atoms with van der Waals surface area (Å²) in [6.07, 6.45) is 1.90. The third kappa shape index (κ3) is 2.96. The Morgan fingerprint density at radius 2 is 1.90 bits per heavy atom. The van der Waals surface area contributed by atoms with Gasteiger partial charge in [-0.25, -0.2) is 0 Å². The molecule has 0 unspecified atom stereocenters. The highest BCUT2D eigenvalue weighted by Crippen LogP contribution is 2.69. The van der Waals surface area contributed by atoms with Gasteiger partial charge >= 0.3 is 5.97 Å². The van der Waals surface area contributed by atoms with Crippen molar-refractivity contribution in [2.45, 2.75) is 59.2 Å². The first kappa shape index (κ1) is 16.3. The molecule has 1 N–H and O–H groups in total. The summed E-state index contributed by atoms with van der Waals surface area (Å²) in [6, 6.07) is 0. The third-order valence-corrected chi connectivity index (χ3v) is 6.23. The molecule has 1 aliphatic rings. The molecule has 0 spiro atoms. The van der Waals surface area contributed by atoms with Crippen LogP contribution in [0.25, 0.3) is 0 Å². The van der Waals surface area contributed by atoms with Crippen LogP contribution in [0, 0.1) is 16.7 Å². The minimum absolute atomic E-state index is 0.0295. The number of hydrogen-bond acceptors (Lipinski definition) is 4. The maximum Gasteiger partial charge on any atom is 0.313 e. The van der Waals surface area contributed by atoms with Crippen LogP contribution in [0.1, 0.15) is 46.9 Å². The van der Waals surface area contributed by atoms with Crippen LogP contribution in [0.4, 0.5) is 0 Å². The van der Waals surface area contributed by atoms with Crippen molar-refractivity contribution in [3.63, 3.8) is 0 Å². The molecule has 21 heavy (non-hydrogen) atoms. The minimum atomic E-state index is -0.821. The molecule has 2 rings (SSSR count). The molecule has 5 nitrogen and oxygen atoms in total. The molecule has 1 aromatic heterocycles. The lowest BCUT2D eigenvalue weighted by Crippen LogP contribution is -2.11. The quantitative estimate of drug-likeness (QED) is 0.784. The van der Waals surface area contributed by atoms with E-state index in [2.05, 4.69) is 49.4 Å². The Bertz CT molecular complexity index is 523. The van der Waals surface area contributed by atoms with Crippen LogP contribution in [0.3, 0.4) is 0 Å². The predicted octanol–water partition coefficient (Wildman–Crippen LogP) is 3.09. The maximum atomic E-state index is 10.8. The van der Waals surface area contributed by atoms with Crippen LogP contribution < -0.4 is 0 Å². The molecule has 0 amide bonds. The second kappa shape index (κ2) is 5.63. The zero-order valence-electron chi connectivity index (χ0n) is 13.5. The van der Waals surface area contributed by atoms with Gasteiger partial charge in [-0.1, -0.05) is 46.4 Å². The topological polar surface area (TPSA) is 68.0 Å². The fourth-order valence-electron chi connectivity index (χ4n) is 3.12. The molecule has 1 aromatic rings. The summed E-state index contributed by atoms with van der Waals surface area (Å²) in [5.74, 6) is 0.755. The lowest BCUT2D eigenvalue weighted by Gasteiger charge is -2.10. The number of rotatable bonds is 7. The first-order chi connectivity index (χ1) is 9.71. The number of carbonyl (C=O) groups is 1. The van der Waals surface area contributed by atoms with Crippen LogP contribution in [0.15, 0.2) is 5.16 Å². The van der Waals surface area contributed by atoms with Crippen LogP contribution in [-0.2, 0) is 17.8 Å². The molecule has 1 saturated carbocycles. The highest BCUT2D eigenvalue weighted by molar-refractivity contribution is 7.99. The number of thioether (sulfide) groups is 1. The molecule has 0 aliphatic heterocycles. The molecule has 0 aromatic carbocycles. The van der Waals surface area contributed by atoms with Crippen molar-refractivity contribution < 1.29 is 9.90 Å². The van der Waals surface area contributed by atoms with Crippen LogP contribution in [0.5, 0.6) is 0 Å². The Hall–Kier alpha value is -1.04. The second-order valence-electron chi connectivity index (χ2n) is 6.94. The van der Waals surface area contributed by atoms with Gasteiger partial charge in [0, 0.05) is 13.0 Å². The average molecular weight is 311 g/mol. The van der Waals surface area contributed by atoms with E-state index >= 15 is 0 Å². The van der Waals surface area contributed by atoms with E-state index in [0.29, 0.717) is 16.7 Å². The molecule has 1 fully saturated rings. The summed E-state index contributed by atoms with van der Waals surface area (Å²) >= 11 is 1.26. The third-order valence-electron chi connectivity index (χ3n) is 5.28. The summed E-state index contributed by atoms with van der Waals surface area (Å²) in [6.45, 7) is 12.2. The standard InChI is InChI=1S/C15H25N3O2S/c1-6-7-11-16-17-13(21-9-12(19)20)18(11)8-10-14(2,3)15(10,4)5/h10H,6-9H2,1-5H3,(H,19,20). The molecular formula is C15H25N3O2S. The molecule has 0 saturated heterocycles. The monoisotopic (exact) mass is 311 g/mol. The van der Waals surface area contributed by atoms with Gasteiger partial charge in [-0.15, -0.1) is 10.2 Å². The lowest BCUT2D eigenvalue weighted by molar-refractivity contribution is -0.133. The molecular weight excluding hydrogens is 286 g/mol. The fourth-order valence-corrected chi connectivity index (χ4v) is 3.80. The first-order valence-electron chi connectivity index (χ1n) is 7.48. The van der Waals surface area contributed by atoms with Gasteiger partial charge in [0.2, 0.25) is 0 Å². The number of hydrogen-bond donors (Lipinski definition) is 1. The van der Waals surface area contributed by atoms with E-state index in [4.69, 9.17) is 5.11 Å². The number of aryl methyl sites for hydroxylation is 1. The van der Waals surface area contributed by atoms with E-state index in [1.807, 2.05) is 0 Å². The van der Waals surface area contributed by atoms with Crippen molar-refractivity contribution in [3.05, 3.63) is 5.82 Å². The molecule has 0 bridgehead atoms. The highest BCUT2D eigenvalue weighted by atomic mass is 32.2. The molecule has 0 radical (unpaired) electrons. The summed E-state index contributed by atoms with van der Waals surface area (Å²) in [7, 11) is 0. The van der Waals surface area contributed by atoms with Crippen LogP contribution in [0.2, 0.25) is 0 Å². The Labute approximate surface area is 130 Å². The van der Waals surface area contributed by atoms with Crippen molar-refractivity contribution in [1.82, 2.24) is 14.8 Å². The lowest BCUT2D eigenvalue weighted by atomic mass is 10.0. The van der Waals surface area contributed by atoms with E-state index in [1.165, 1.54) is 11.8 Å². The second-order valence-corrected chi connectivity index (χ2v) is 7.88. The first-order valence-corrected chi connectivity index (χ1v) is 8.47. The summed E-state index contributed by atoms with van der Waals surface area (Å²) in [5, 5.41) is 18.0. The fraction of sp³-hybridized carbons (Fsp3) is 0.800. The van der Waals surface area contributed by atoms with Crippen molar-refractivity contribution in [2.75, 3.05) is 5.75 Å². The van der Waals surface area contributed by atoms with E-state index in [0.717, 1.165) is 30.4 Å². The van der Waals surface area contributed by atoms with E-state index in [9.17, 15) is 4.79 Å². The maximum absolute atomic E-state index is 10.8. The van der Waals surface area contributed by atoms with Gasteiger partial charge in [0.1, 0.15) is 5.82 Å². The van der Waals surface area contributed by atoms with Gasteiger partial charge in [0.05, 0.1) is 5.75 Å². The number of carboxylic acids is 1. The Morgan fingerprint density at radius 3 is 2.38 bits per heavy atom. The average Bonchev–Trinajstić information content (AvgIpc) is 2.69. The largest absolute Gasteiger partial charge is 0.481 e. The molecule has 118 valence electrons. The van der Waals surface area contributed by atoms with E-state index in [1.54, 1.807) is 0 Å². The minimum Gasteiger partial charge on any atom is -0.481 e. The highest BCUT2D eigenvalue weighted by Gasteiger charge is 2.64. The molecule has 0 atom stereocenters. The number of aliphatic carboxylic acids is 1. The summed E-state index contributed by atoms with van der Waals surface area (Å²) < 4.78 is 2.14. The van der Waals surface area contributed by atoms with E-state index in [-0.39, 0.29) is 5.75 Å². The summed E-state index contributed by atoms with van der Waals surface area (Å²) in [4.78, 5) is 10.8. The Balaban J connectivity index is 2.19. The number of aromatic nitrogens is 3.